The number of anilines is 1. The maximum absolute atomic E-state index is 12.6. The summed E-state index contributed by atoms with van der Waals surface area (Å²) >= 11 is 0. The zero-order chi connectivity index (χ0) is 12.2. The van der Waals surface area contributed by atoms with Crippen LogP contribution in [-0.2, 0) is 6.18 Å². The summed E-state index contributed by atoms with van der Waals surface area (Å²) in [6.45, 7) is 1.88. The molecule has 90 valence electrons. The van der Waals surface area contributed by atoms with Crippen LogP contribution in [0.5, 0.6) is 0 Å². The number of para-hydroxylation sites is 1. The fraction of sp³-hybridized carbons (Fsp3) is 0.455. The van der Waals surface area contributed by atoms with Crippen LogP contribution in [0.15, 0.2) is 24.3 Å². The van der Waals surface area contributed by atoms with Crippen LogP contribution >= 0.6 is 0 Å². The Morgan fingerprint density at radius 1 is 1.31 bits per heavy atom. The van der Waals surface area contributed by atoms with Gasteiger partial charge in [0.1, 0.15) is 0 Å². The van der Waals surface area contributed by atoms with Crippen molar-refractivity contribution in [1.82, 2.24) is 0 Å². The van der Waals surface area contributed by atoms with Gasteiger partial charge in [-0.1, -0.05) is 19.1 Å². The fourth-order valence-electron chi connectivity index (χ4n) is 1.26. The van der Waals surface area contributed by atoms with Crippen LogP contribution in [0, 0.1) is 0 Å². The molecular weight excluding hydrogens is 219 g/mol. The molecule has 16 heavy (non-hydrogen) atoms. The Morgan fingerprint density at radius 2 is 1.94 bits per heavy atom. The molecular formula is C11H14F3NO. The lowest BCUT2D eigenvalue weighted by Crippen LogP contribution is -2.20. The maximum Gasteiger partial charge on any atom is 0.418 e. The lowest BCUT2D eigenvalue weighted by Gasteiger charge is -2.16. The number of aliphatic hydroxyl groups excluding tert-OH is 1. The largest absolute Gasteiger partial charge is 0.418 e. The second-order valence-electron chi connectivity index (χ2n) is 3.49. The summed E-state index contributed by atoms with van der Waals surface area (Å²) in [5.74, 6) is 0. The third-order valence-electron chi connectivity index (χ3n) is 2.23. The molecule has 1 aromatic rings. The summed E-state index contributed by atoms with van der Waals surface area (Å²) in [5, 5.41) is 11.9. The van der Waals surface area contributed by atoms with Crippen molar-refractivity contribution in [1.29, 1.82) is 0 Å². The molecule has 0 heterocycles. The van der Waals surface area contributed by atoms with Gasteiger partial charge in [-0.2, -0.15) is 13.2 Å². The number of rotatable bonds is 4. The second-order valence-corrected chi connectivity index (χ2v) is 3.49. The van der Waals surface area contributed by atoms with Gasteiger partial charge in [0.15, 0.2) is 0 Å². The molecule has 2 nitrogen and oxygen atoms in total. The summed E-state index contributed by atoms with van der Waals surface area (Å²) in [6, 6.07) is 5.23. The molecule has 0 aliphatic carbocycles. The Kier molecular flexibility index (Phi) is 4.18. The Hall–Kier alpha value is -1.23. The minimum Gasteiger partial charge on any atom is -0.391 e. The molecule has 0 bridgehead atoms. The van der Waals surface area contributed by atoms with Gasteiger partial charge in [-0.05, 0) is 18.6 Å². The highest BCUT2D eigenvalue weighted by Gasteiger charge is 2.33. The average Bonchev–Trinajstić information content (AvgIpc) is 2.25. The van der Waals surface area contributed by atoms with Gasteiger partial charge >= 0.3 is 6.18 Å². The minimum atomic E-state index is -4.37. The molecule has 0 aliphatic heterocycles. The van der Waals surface area contributed by atoms with Crippen LogP contribution in [0.25, 0.3) is 0 Å². The van der Waals surface area contributed by atoms with E-state index in [1.165, 1.54) is 18.2 Å². The van der Waals surface area contributed by atoms with E-state index < -0.39 is 17.8 Å². The van der Waals surface area contributed by atoms with Crippen LogP contribution in [0.2, 0.25) is 0 Å². The zero-order valence-corrected chi connectivity index (χ0v) is 8.88. The van der Waals surface area contributed by atoms with Crippen molar-refractivity contribution in [3.8, 4) is 0 Å². The first-order valence-corrected chi connectivity index (χ1v) is 5.03. The van der Waals surface area contributed by atoms with E-state index in [1.807, 2.05) is 0 Å². The SMILES string of the molecule is CCC(O)CNc1ccccc1C(F)(F)F. The summed E-state index contributed by atoms with van der Waals surface area (Å²) in [7, 11) is 0. The highest BCUT2D eigenvalue weighted by atomic mass is 19.4. The number of alkyl halides is 3. The van der Waals surface area contributed by atoms with Gasteiger partial charge in [-0.25, -0.2) is 0 Å². The van der Waals surface area contributed by atoms with E-state index in [0.29, 0.717) is 6.42 Å². The van der Waals surface area contributed by atoms with Gasteiger partial charge in [-0.3, -0.25) is 0 Å². The third-order valence-corrected chi connectivity index (χ3v) is 2.23. The maximum atomic E-state index is 12.6. The number of hydrogen-bond donors (Lipinski definition) is 2. The Morgan fingerprint density at radius 3 is 2.50 bits per heavy atom. The minimum absolute atomic E-state index is 0.00231. The van der Waals surface area contributed by atoms with Gasteiger partial charge in [0, 0.05) is 12.2 Å². The highest BCUT2D eigenvalue weighted by Crippen LogP contribution is 2.34. The van der Waals surface area contributed by atoms with Gasteiger partial charge < -0.3 is 10.4 Å². The van der Waals surface area contributed by atoms with Gasteiger partial charge in [0.2, 0.25) is 0 Å². The molecule has 1 unspecified atom stereocenters. The van der Waals surface area contributed by atoms with Gasteiger partial charge in [0.05, 0.1) is 11.7 Å². The molecule has 0 saturated heterocycles. The molecule has 1 atom stereocenters. The molecule has 5 heteroatoms. The zero-order valence-electron chi connectivity index (χ0n) is 8.88. The highest BCUT2D eigenvalue weighted by molar-refractivity contribution is 5.52. The first kappa shape index (κ1) is 12.8. The van der Waals surface area contributed by atoms with Crippen molar-refractivity contribution in [2.24, 2.45) is 0 Å². The van der Waals surface area contributed by atoms with E-state index in [1.54, 1.807) is 6.92 Å². The fourth-order valence-corrected chi connectivity index (χ4v) is 1.26. The molecule has 0 spiro atoms. The average molecular weight is 233 g/mol. The van der Waals surface area contributed by atoms with Crippen molar-refractivity contribution >= 4 is 5.69 Å². The van der Waals surface area contributed by atoms with Crippen molar-refractivity contribution in [2.75, 3.05) is 11.9 Å². The Balaban J connectivity index is 2.80. The number of hydrogen-bond acceptors (Lipinski definition) is 2. The van der Waals surface area contributed by atoms with Crippen LogP contribution in [0.3, 0.4) is 0 Å². The van der Waals surface area contributed by atoms with Crippen LogP contribution < -0.4 is 5.32 Å². The first-order chi connectivity index (χ1) is 7.45. The topological polar surface area (TPSA) is 32.3 Å². The molecule has 1 aromatic carbocycles. The molecule has 0 amide bonds. The number of aliphatic hydroxyl groups is 1. The van der Waals surface area contributed by atoms with Crippen LogP contribution in [-0.4, -0.2) is 17.8 Å². The first-order valence-electron chi connectivity index (χ1n) is 5.03. The predicted octanol–water partition coefficient (Wildman–Crippen LogP) is 2.89. The van der Waals surface area contributed by atoms with E-state index in [-0.39, 0.29) is 12.2 Å². The molecule has 0 radical (unpaired) electrons. The van der Waals surface area contributed by atoms with E-state index in [4.69, 9.17) is 0 Å². The summed E-state index contributed by atoms with van der Waals surface area (Å²) in [6.07, 6.45) is -4.51. The van der Waals surface area contributed by atoms with Crippen molar-refractivity contribution < 1.29 is 18.3 Å². The molecule has 0 aromatic heterocycles. The van der Waals surface area contributed by atoms with E-state index in [0.717, 1.165) is 6.07 Å². The standard InChI is InChI=1S/C11H14F3NO/c1-2-8(16)7-15-10-6-4-3-5-9(10)11(12,13)14/h3-6,8,15-16H,2,7H2,1H3. The lowest BCUT2D eigenvalue weighted by molar-refractivity contribution is -0.137. The van der Waals surface area contributed by atoms with E-state index in [9.17, 15) is 18.3 Å². The predicted molar refractivity (Wildman–Crippen MR) is 56.2 cm³/mol. The van der Waals surface area contributed by atoms with Gasteiger partial charge in [0.25, 0.3) is 0 Å². The quantitative estimate of drug-likeness (QED) is 0.838. The van der Waals surface area contributed by atoms with Crippen LogP contribution in [0.4, 0.5) is 18.9 Å². The van der Waals surface area contributed by atoms with Crippen molar-refractivity contribution in [2.45, 2.75) is 25.6 Å². The lowest BCUT2D eigenvalue weighted by atomic mass is 10.1. The molecule has 1 rings (SSSR count). The smallest absolute Gasteiger partial charge is 0.391 e. The van der Waals surface area contributed by atoms with Crippen molar-refractivity contribution in [3.63, 3.8) is 0 Å². The van der Waals surface area contributed by atoms with Gasteiger partial charge in [-0.15, -0.1) is 0 Å². The number of benzene rings is 1. The summed E-state index contributed by atoms with van der Waals surface area (Å²) in [5.41, 5.74) is -0.708. The van der Waals surface area contributed by atoms with E-state index >= 15 is 0 Å². The second kappa shape index (κ2) is 5.21. The van der Waals surface area contributed by atoms with Crippen molar-refractivity contribution in [3.05, 3.63) is 29.8 Å². The molecule has 0 fully saturated rings. The normalized spacial score (nSPS) is 13.6. The van der Waals surface area contributed by atoms with Crippen LogP contribution in [0.1, 0.15) is 18.9 Å². The Labute approximate surface area is 92.1 Å². The molecule has 2 N–H and O–H groups in total. The number of halogens is 3. The Bertz CT molecular complexity index is 338. The third kappa shape index (κ3) is 3.41. The number of nitrogens with one attached hydrogen (secondary N) is 1. The molecule has 0 aliphatic rings. The summed E-state index contributed by atoms with van der Waals surface area (Å²) < 4.78 is 37.7. The summed E-state index contributed by atoms with van der Waals surface area (Å²) in [4.78, 5) is 0. The van der Waals surface area contributed by atoms with E-state index in [2.05, 4.69) is 5.32 Å². The monoisotopic (exact) mass is 233 g/mol. The molecule has 0 saturated carbocycles.